The number of rotatable bonds is 2. The highest BCUT2D eigenvalue weighted by Gasteiger charge is 2.21. The van der Waals surface area contributed by atoms with Gasteiger partial charge in [-0.15, -0.1) is 6.58 Å². The molecule has 1 saturated heterocycles. The van der Waals surface area contributed by atoms with E-state index in [0.717, 1.165) is 16.7 Å². The van der Waals surface area contributed by atoms with Crippen LogP contribution in [-0.4, -0.2) is 13.2 Å². The maximum atomic E-state index is 13.8. The molecule has 0 saturated carbocycles. The molecule has 0 aromatic heterocycles. The highest BCUT2D eigenvalue weighted by Crippen LogP contribution is 2.25. The second kappa shape index (κ2) is 7.44. The fourth-order valence-electron chi connectivity index (χ4n) is 2.43. The smallest absolute Gasteiger partial charge is 0.183 e. The quantitative estimate of drug-likeness (QED) is 0.603. The first-order valence-electron chi connectivity index (χ1n) is 7.89. The maximum Gasteiger partial charge on any atom is 0.183 e. The third kappa shape index (κ3) is 3.91. The van der Waals surface area contributed by atoms with E-state index in [2.05, 4.69) is 18.4 Å². The fraction of sp³-hybridized carbons (Fsp3) is 0.238. The predicted octanol–water partition coefficient (Wildman–Crippen LogP) is 4.38. The van der Waals surface area contributed by atoms with Crippen LogP contribution in [0.15, 0.2) is 55.1 Å². The van der Waals surface area contributed by atoms with Crippen LogP contribution in [0.4, 0.5) is 4.39 Å². The summed E-state index contributed by atoms with van der Waals surface area (Å²) in [6.45, 7) is 6.83. The van der Waals surface area contributed by atoms with Gasteiger partial charge in [-0.05, 0) is 36.8 Å². The molecule has 1 aliphatic heterocycles. The second-order valence-electron chi connectivity index (χ2n) is 5.85. The molecule has 2 aromatic rings. The van der Waals surface area contributed by atoms with Gasteiger partial charge in [0.1, 0.15) is 5.82 Å². The molecule has 1 aliphatic rings. The Hall–Kier alpha value is -2.41. The number of ether oxygens (including phenoxy) is 2. The van der Waals surface area contributed by atoms with E-state index in [0.29, 0.717) is 18.8 Å². The Morgan fingerprint density at radius 2 is 1.79 bits per heavy atom. The number of halogens is 1. The largest absolute Gasteiger partial charge is 0.348 e. The van der Waals surface area contributed by atoms with E-state index in [1.807, 2.05) is 43.3 Å². The molecule has 0 bridgehead atoms. The van der Waals surface area contributed by atoms with Crippen LogP contribution in [0.1, 0.15) is 28.5 Å². The molecule has 0 aliphatic carbocycles. The average Bonchev–Trinajstić information content (AvgIpc) is 2.62. The van der Waals surface area contributed by atoms with Crippen molar-refractivity contribution in [1.29, 1.82) is 0 Å². The molecule has 122 valence electrons. The fourth-order valence-corrected chi connectivity index (χ4v) is 2.43. The molecule has 2 aromatic carbocycles. The van der Waals surface area contributed by atoms with Crippen molar-refractivity contribution >= 4 is 0 Å². The molecule has 1 fully saturated rings. The zero-order valence-corrected chi connectivity index (χ0v) is 13.6. The van der Waals surface area contributed by atoms with Gasteiger partial charge in [0, 0.05) is 17.0 Å². The lowest BCUT2D eigenvalue weighted by atomic mass is 10.1. The van der Waals surface area contributed by atoms with Crippen molar-refractivity contribution in [3.63, 3.8) is 0 Å². The summed E-state index contributed by atoms with van der Waals surface area (Å²) in [6, 6.07) is 12.7. The van der Waals surface area contributed by atoms with Gasteiger partial charge in [-0.25, -0.2) is 4.39 Å². The van der Waals surface area contributed by atoms with Gasteiger partial charge in [0.2, 0.25) is 0 Å². The van der Waals surface area contributed by atoms with Crippen LogP contribution in [0.2, 0.25) is 0 Å². The topological polar surface area (TPSA) is 18.5 Å². The van der Waals surface area contributed by atoms with E-state index in [4.69, 9.17) is 9.47 Å². The third-order valence-electron chi connectivity index (χ3n) is 3.91. The Morgan fingerprint density at radius 1 is 1.08 bits per heavy atom. The number of hydrogen-bond acceptors (Lipinski definition) is 2. The standard InChI is InChI=1S/C21H19FO2/c1-3-16-13-23-21(24-14-16)19-10-6-17(7-11-19)5-9-18-8-4-15(2)12-20(18)22/h3-4,6-8,10-12,16,21H,1,13-14H2,2H3. The van der Waals surface area contributed by atoms with Crippen LogP contribution in [0.3, 0.4) is 0 Å². The first-order chi connectivity index (χ1) is 11.7. The van der Waals surface area contributed by atoms with E-state index in [-0.39, 0.29) is 18.0 Å². The third-order valence-corrected chi connectivity index (χ3v) is 3.91. The van der Waals surface area contributed by atoms with Gasteiger partial charge < -0.3 is 9.47 Å². The Kier molecular flexibility index (Phi) is 5.10. The summed E-state index contributed by atoms with van der Waals surface area (Å²) in [5.41, 5.74) is 3.05. The van der Waals surface area contributed by atoms with Gasteiger partial charge in [-0.1, -0.05) is 36.1 Å². The summed E-state index contributed by atoms with van der Waals surface area (Å²) in [7, 11) is 0. The van der Waals surface area contributed by atoms with Gasteiger partial charge in [-0.3, -0.25) is 0 Å². The predicted molar refractivity (Wildman–Crippen MR) is 91.9 cm³/mol. The molecule has 0 atom stereocenters. The minimum Gasteiger partial charge on any atom is -0.348 e. The summed E-state index contributed by atoms with van der Waals surface area (Å²) in [6.07, 6.45) is 1.50. The van der Waals surface area contributed by atoms with E-state index in [1.165, 1.54) is 6.07 Å². The molecule has 3 heteroatoms. The van der Waals surface area contributed by atoms with Crippen molar-refractivity contribution < 1.29 is 13.9 Å². The summed E-state index contributed by atoms with van der Waals surface area (Å²) < 4.78 is 25.1. The van der Waals surface area contributed by atoms with Crippen molar-refractivity contribution in [3.05, 3.63) is 83.2 Å². The Bertz CT molecular complexity index is 776. The highest BCUT2D eigenvalue weighted by molar-refractivity contribution is 5.44. The normalized spacial score (nSPS) is 20.1. The Morgan fingerprint density at radius 3 is 2.42 bits per heavy atom. The van der Waals surface area contributed by atoms with Gasteiger partial charge in [-0.2, -0.15) is 0 Å². The van der Waals surface area contributed by atoms with E-state index in [9.17, 15) is 4.39 Å². The minimum atomic E-state index is -0.349. The summed E-state index contributed by atoms with van der Waals surface area (Å²) in [5.74, 6) is 5.81. The second-order valence-corrected chi connectivity index (χ2v) is 5.85. The number of hydrogen-bond donors (Lipinski definition) is 0. The lowest BCUT2D eigenvalue weighted by Crippen LogP contribution is -2.25. The van der Waals surface area contributed by atoms with E-state index < -0.39 is 0 Å². The van der Waals surface area contributed by atoms with Crippen LogP contribution in [0.5, 0.6) is 0 Å². The van der Waals surface area contributed by atoms with E-state index in [1.54, 1.807) is 6.07 Å². The zero-order valence-electron chi connectivity index (χ0n) is 13.6. The monoisotopic (exact) mass is 322 g/mol. The number of benzene rings is 2. The molecule has 0 unspecified atom stereocenters. The summed E-state index contributed by atoms with van der Waals surface area (Å²) in [4.78, 5) is 0. The molecule has 2 nitrogen and oxygen atoms in total. The highest BCUT2D eigenvalue weighted by atomic mass is 19.1. The molecular formula is C21H19FO2. The molecule has 0 amide bonds. The van der Waals surface area contributed by atoms with Crippen LogP contribution >= 0.6 is 0 Å². The maximum absolute atomic E-state index is 13.8. The van der Waals surface area contributed by atoms with Gasteiger partial charge >= 0.3 is 0 Å². The first kappa shape index (κ1) is 16.4. The number of aryl methyl sites for hydroxylation is 1. The Labute approximate surface area is 141 Å². The van der Waals surface area contributed by atoms with Gasteiger partial charge in [0.05, 0.1) is 18.8 Å². The van der Waals surface area contributed by atoms with Crippen molar-refractivity contribution in [1.82, 2.24) is 0 Å². The minimum absolute atomic E-state index is 0.246. The van der Waals surface area contributed by atoms with Gasteiger partial charge in [0.25, 0.3) is 0 Å². The Balaban J connectivity index is 1.69. The molecule has 0 N–H and O–H groups in total. The van der Waals surface area contributed by atoms with Crippen LogP contribution in [0.25, 0.3) is 0 Å². The van der Waals surface area contributed by atoms with Crippen molar-refractivity contribution in [2.24, 2.45) is 5.92 Å². The molecule has 0 spiro atoms. The van der Waals surface area contributed by atoms with Crippen molar-refractivity contribution in [2.75, 3.05) is 13.2 Å². The van der Waals surface area contributed by atoms with Crippen LogP contribution < -0.4 is 0 Å². The van der Waals surface area contributed by atoms with Crippen molar-refractivity contribution in [2.45, 2.75) is 13.2 Å². The first-order valence-corrected chi connectivity index (χ1v) is 7.89. The SMILES string of the molecule is C=CC1COC(c2ccc(C#Cc3ccc(C)cc3F)cc2)OC1. The molecular weight excluding hydrogens is 303 g/mol. The van der Waals surface area contributed by atoms with Crippen LogP contribution in [0, 0.1) is 30.5 Å². The lowest BCUT2D eigenvalue weighted by Gasteiger charge is -2.27. The lowest BCUT2D eigenvalue weighted by molar-refractivity contribution is -0.197. The average molecular weight is 322 g/mol. The molecule has 3 rings (SSSR count). The molecule has 0 radical (unpaired) electrons. The van der Waals surface area contributed by atoms with E-state index >= 15 is 0 Å². The molecule has 24 heavy (non-hydrogen) atoms. The molecule has 1 heterocycles. The van der Waals surface area contributed by atoms with Gasteiger partial charge in [0.15, 0.2) is 6.29 Å². The summed E-state index contributed by atoms with van der Waals surface area (Å²) >= 11 is 0. The van der Waals surface area contributed by atoms with Crippen LogP contribution in [-0.2, 0) is 9.47 Å². The van der Waals surface area contributed by atoms with Crippen molar-refractivity contribution in [3.8, 4) is 11.8 Å². The summed E-state index contributed by atoms with van der Waals surface area (Å²) in [5, 5.41) is 0. The zero-order chi connectivity index (χ0) is 16.9.